The SMILES string of the molecule is Cc1oc(CNC(=O)CC[C@H]2CC[C@@H](C)O2)cc1C(=O)O. The van der Waals surface area contributed by atoms with Crippen molar-refractivity contribution in [1.29, 1.82) is 0 Å². The minimum atomic E-state index is -1.03. The number of furan rings is 1. The number of carboxylic acid groups (broad SMARTS) is 1. The summed E-state index contributed by atoms with van der Waals surface area (Å²) in [5.74, 6) is -0.311. The summed E-state index contributed by atoms with van der Waals surface area (Å²) < 4.78 is 11.0. The Labute approximate surface area is 123 Å². The molecule has 0 spiro atoms. The number of ether oxygens (including phenoxy) is 1. The molecule has 2 N–H and O–H groups in total. The van der Waals surface area contributed by atoms with Gasteiger partial charge in [0.2, 0.25) is 5.91 Å². The van der Waals surface area contributed by atoms with Gasteiger partial charge in [-0.1, -0.05) is 0 Å². The highest BCUT2D eigenvalue weighted by molar-refractivity contribution is 5.88. The summed E-state index contributed by atoms with van der Waals surface area (Å²) in [5, 5.41) is 11.7. The van der Waals surface area contributed by atoms with Crippen LogP contribution >= 0.6 is 0 Å². The van der Waals surface area contributed by atoms with E-state index in [0.717, 1.165) is 12.8 Å². The third-order valence-corrected chi connectivity index (χ3v) is 3.67. The van der Waals surface area contributed by atoms with Crippen molar-refractivity contribution in [2.24, 2.45) is 0 Å². The number of hydrogen-bond acceptors (Lipinski definition) is 4. The number of carbonyl (C=O) groups is 2. The van der Waals surface area contributed by atoms with Crippen molar-refractivity contribution in [2.75, 3.05) is 0 Å². The minimum absolute atomic E-state index is 0.0796. The summed E-state index contributed by atoms with van der Waals surface area (Å²) in [5.41, 5.74) is 0.132. The molecule has 1 fully saturated rings. The van der Waals surface area contributed by atoms with Crippen LogP contribution in [-0.2, 0) is 16.1 Å². The summed E-state index contributed by atoms with van der Waals surface area (Å²) in [6.07, 6.45) is 3.65. The Hall–Kier alpha value is -1.82. The van der Waals surface area contributed by atoms with Gasteiger partial charge in [-0.3, -0.25) is 4.79 Å². The molecule has 6 heteroatoms. The number of hydrogen-bond donors (Lipinski definition) is 2. The number of amides is 1. The molecule has 1 aliphatic heterocycles. The van der Waals surface area contributed by atoms with Crippen molar-refractivity contribution >= 4 is 11.9 Å². The zero-order valence-electron chi connectivity index (χ0n) is 12.3. The van der Waals surface area contributed by atoms with Crippen LogP contribution in [0.4, 0.5) is 0 Å². The van der Waals surface area contributed by atoms with Gasteiger partial charge in [-0.25, -0.2) is 4.79 Å². The molecule has 2 heterocycles. The average Bonchev–Trinajstić information content (AvgIpc) is 3.00. The lowest BCUT2D eigenvalue weighted by Crippen LogP contribution is -2.23. The Balaban J connectivity index is 1.73. The molecular formula is C15H21NO5. The number of aromatic carboxylic acids is 1. The van der Waals surface area contributed by atoms with Gasteiger partial charge in [0.1, 0.15) is 17.1 Å². The third kappa shape index (κ3) is 4.32. The predicted octanol–water partition coefficient (Wildman–Crippen LogP) is 2.25. The largest absolute Gasteiger partial charge is 0.478 e. The average molecular weight is 295 g/mol. The molecule has 116 valence electrons. The quantitative estimate of drug-likeness (QED) is 0.840. The summed E-state index contributed by atoms with van der Waals surface area (Å²) in [6, 6.07) is 1.44. The number of nitrogens with one attached hydrogen (secondary N) is 1. The molecule has 0 aliphatic carbocycles. The van der Waals surface area contributed by atoms with E-state index in [-0.39, 0.29) is 24.1 Å². The number of carbonyl (C=O) groups excluding carboxylic acids is 1. The van der Waals surface area contributed by atoms with Crippen LogP contribution in [0.15, 0.2) is 10.5 Å². The Morgan fingerprint density at radius 2 is 2.19 bits per heavy atom. The molecule has 1 aliphatic rings. The van der Waals surface area contributed by atoms with Gasteiger partial charge in [-0.2, -0.15) is 0 Å². The third-order valence-electron chi connectivity index (χ3n) is 3.67. The van der Waals surface area contributed by atoms with Crippen molar-refractivity contribution in [3.05, 3.63) is 23.2 Å². The molecule has 1 aromatic rings. The zero-order valence-corrected chi connectivity index (χ0v) is 12.3. The molecule has 0 unspecified atom stereocenters. The first-order valence-corrected chi connectivity index (χ1v) is 7.20. The second-order valence-corrected chi connectivity index (χ2v) is 5.45. The highest BCUT2D eigenvalue weighted by Gasteiger charge is 2.22. The number of carboxylic acids is 1. The molecule has 2 atom stereocenters. The van der Waals surface area contributed by atoms with E-state index in [4.69, 9.17) is 14.3 Å². The van der Waals surface area contributed by atoms with Gasteiger partial charge < -0.3 is 19.6 Å². The highest BCUT2D eigenvalue weighted by Crippen LogP contribution is 2.22. The summed E-state index contributed by atoms with van der Waals surface area (Å²) in [4.78, 5) is 22.6. The van der Waals surface area contributed by atoms with E-state index in [1.165, 1.54) is 6.07 Å². The molecular weight excluding hydrogens is 274 g/mol. The van der Waals surface area contributed by atoms with Crippen LogP contribution < -0.4 is 5.32 Å². The summed E-state index contributed by atoms with van der Waals surface area (Å²) in [7, 11) is 0. The van der Waals surface area contributed by atoms with Crippen molar-refractivity contribution in [3.63, 3.8) is 0 Å². The fourth-order valence-electron chi connectivity index (χ4n) is 2.51. The standard InChI is InChI=1S/C15H21NO5/c1-9-3-4-11(20-9)5-6-14(17)16-8-12-7-13(15(18)19)10(2)21-12/h7,9,11H,3-6,8H2,1-2H3,(H,16,17)(H,18,19)/t9-,11-/m1/s1. The van der Waals surface area contributed by atoms with Gasteiger partial charge in [-0.15, -0.1) is 0 Å². The highest BCUT2D eigenvalue weighted by atomic mass is 16.5. The Bertz CT molecular complexity index is 522. The lowest BCUT2D eigenvalue weighted by Gasteiger charge is -2.10. The Morgan fingerprint density at radius 1 is 1.43 bits per heavy atom. The topological polar surface area (TPSA) is 88.8 Å². The van der Waals surface area contributed by atoms with E-state index in [2.05, 4.69) is 5.32 Å². The summed E-state index contributed by atoms with van der Waals surface area (Å²) >= 11 is 0. The molecule has 0 aromatic carbocycles. The number of rotatable bonds is 6. The van der Waals surface area contributed by atoms with E-state index in [0.29, 0.717) is 30.5 Å². The molecule has 1 aromatic heterocycles. The van der Waals surface area contributed by atoms with Crippen molar-refractivity contribution in [3.8, 4) is 0 Å². The molecule has 0 radical (unpaired) electrons. The number of aryl methyl sites for hydroxylation is 1. The van der Waals surface area contributed by atoms with Gasteiger partial charge in [0, 0.05) is 6.42 Å². The first-order valence-electron chi connectivity index (χ1n) is 7.20. The minimum Gasteiger partial charge on any atom is -0.478 e. The molecule has 1 saturated heterocycles. The second kappa shape index (κ2) is 6.76. The lowest BCUT2D eigenvalue weighted by atomic mass is 10.1. The molecule has 1 amide bonds. The van der Waals surface area contributed by atoms with Crippen LogP contribution in [0.1, 0.15) is 54.5 Å². The fourth-order valence-corrected chi connectivity index (χ4v) is 2.51. The lowest BCUT2D eigenvalue weighted by molar-refractivity contribution is -0.122. The maximum absolute atomic E-state index is 11.8. The van der Waals surface area contributed by atoms with Gasteiger partial charge in [0.25, 0.3) is 0 Å². The predicted molar refractivity (Wildman–Crippen MR) is 75.1 cm³/mol. The van der Waals surface area contributed by atoms with Crippen LogP contribution in [0.25, 0.3) is 0 Å². The first-order chi connectivity index (χ1) is 9.95. The molecule has 6 nitrogen and oxygen atoms in total. The Kier molecular flexibility index (Phi) is 5.01. The van der Waals surface area contributed by atoms with Gasteiger partial charge in [-0.05, 0) is 39.2 Å². The Morgan fingerprint density at radius 3 is 2.76 bits per heavy atom. The van der Waals surface area contributed by atoms with E-state index in [1.807, 2.05) is 6.92 Å². The summed E-state index contributed by atoms with van der Waals surface area (Å²) in [6.45, 7) is 3.83. The van der Waals surface area contributed by atoms with Gasteiger partial charge in [0.05, 0.1) is 18.8 Å². The van der Waals surface area contributed by atoms with Crippen molar-refractivity contribution in [1.82, 2.24) is 5.32 Å². The van der Waals surface area contributed by atoms with E-state index in [9.17, 15) is 9.59 Å². The molecule has 0 bridgehead atoms. The maximum Gasteiger partial charge on any atom is 0.339 e. The molecule has 21 heavy (non-hydrogen) atoms. The normalized spacial score (nSPS) is 21.4. The van der Waals surface area contributed by atoms with Crippen LogP contribution in [0.3, 0.4) is 0 Å². The van der Waals surface area contributed by atoms with Crippen molar-refractivity contribution in [2.45, 2.75) is 58.3 Å². The maximum atomic E-state index is 11.8. The molecule has 2 rings (SSSR count). The van der Waals surface area contributed by atoms with Crippen LogP contribution in [0.2, 0.25) is 0 Å². The van der Waals surface area contributed by atoms with E-state index in [1.54, 1.807) is 6.92 Å². The van der Waals surface area contributed by atoms with Crippen molar-refractivity contribution < 1.29 is 23.8 Å². The second-order valence-electron chi connectivity index (χ2n) is 5.45. The fraction of sp³-hybridized carbons (Fsp3) is 0.600. The smallest absolute Gasteiger partial charge is 0.339 e. The van der Waals surface area contributed by atoms with Gasteiger partial charge in [0.15, 0.2) is 0 Å². The van der Waals surface area contributed by atoms with Crippen LogP contribution in [-0.4, -0.2) is 29.2 Å². The van der Waals surface area contributed by atoms with Gasteiger partial charge >= 0.3 is 5.97 Å². The van der Waals surface area contributed by atoms with E-state index >= 15 is 0 Å². The van der Waals surface area contributed by atoms with E-state index < -0.39 is 5.97 Å². The molecule has 0 saturated carbocycles. The van der Waals surface area contributed by atoms with Crippen LogP contribution in [0, 0.1) is 6.92 Å². The monoisotopic (exact) mass is 295 g/mol. The zero-order chi connectivity index (χ0) is 15.4. The van der Waals surface area contributed by atoms with Crippen LogP contribution in [0.5, 0.6) is 0 Å². The first kappa shape index (κ1) is 15.6.